The Morgan fingerprint density at radius 3 is 0.975 bits per heavy atom. The molecule has 81 heavy (non-hydrogen) atoms. The monoisotopic (exact) mass is 1030 g/mol. The van der Waals surface area contributed by atoms with Crippen LogP contribution < -0.4 is 9.80 Å². The normalized spacial score (nSPS) is 13.5. The molecular formula is C79H54N2. The number of hydrogen-bond donors (Lipinski definition) is 0. The van der Waals surface area contributed by atoms with Gasteiger partial charge in [0.2, 0.25) is 0 Å². The Morgan fingerprint density at radius 1 is 0.185 bits per heavy atom. The molecule has 0 spiro atoms. The Morgan fingerprint density at radius 2 is 0.506 bits per heavy atom. The Kier molecular flexibility index (Phi) is 11.8. The lowest BCUT2D eigenvalue weighted by atomic mass is 9.70. The molecule has 0 heterocycles. The van der Waals surface area contributed by atoms with Gasteiger partial charge in [0, 0.05) is 34.1 Å². The molecule has 1 atom stereocenters. The van der Waals surface area contributed by atoms with E-state index in [4.69, 9.17) is 0 Å². The number of rotatable bonds is 12. The summed E-state index contributed by atoms with van der Waals surface area (Å²) in [5.41, 5.74) is 28.2. The summed E-state index contributed by atoms with van der Waals surface area (Å²) in [6, 6.07) is 120. The lowest BCUT2D eigenvalue weighted by Crippen LogP contribution is -2.26. The van der Waals surface area contributed by atoms with Gasteiger partial charge in [0.25, 0.3) is 0 Å². The van der Waals surface area contributed by atoms with E-state index >= 15 is 0 Å². The summed E-state index contributed by atoms with van der Waals surface area (Å²) in [6.07, 6.45) is 0. The zero-order valence-corrected chi connectivity index (χ0v) is 44.6. The summed E-state index contributed by atoms with van der Waals surface area (Å²) in [5, 5.41) is 0. The first-order valence-corrected chi connectivity index (χ1v) is 28.0. The quantitative estimate of drug-likeness (QED) is 0.120. The first-order chi connectivity index (χ1) is 40.2. The first kappa shape index (κ1) is 47.7. The molecule has 380 valence electrons. The highest BCUT2D eigenvalue weighted by atomic mass is 15.1. The summed E-state index contributed by atoms with van der Waals surface area (Å²) in [5.74, 6) is 0. The van der Waals surface area contributed by atoms with Crippen molar-refractivity contribution in [3.05, 3.63) is 350 Å². The van der Waals surface area contributed by atoms with Gasteiger partial charge in [-0.25, -0.2) is 0 Å². The Labute approximate surface area is 474 Å². The molecule has 13 aromatic carbocycles. The van der Waals surface area contributed by atoms with Gasteiger partial charge in [-0.1, -0.05) is 249 Å². The standard InChI is InChI=1S/C79H54N2/c1-5-18-55(19-6-1)59-34-43-66(44-35-59)80(67-45-36-60(37-46-67)56-20-7-2-8-21-56)70-28-15-26-63(52-70)64-42-51-77-75(53-64)74-32-17-31-73-72-30-13-14-33-76(72)79(77,78(73)74)65-27-16-29-71(54-65)81(68-47-38-61(39-48-68)57-22-9-3-10-23-57)69-49-40-62(41-50-69)58-24-11-4-12-25-58/h1-54H. The van der Waals surface area contributed by atoms with Crippen LogP contribution >= 0.6 is 0 Å². The topological polar surface area (TPSA) is 6.48 Å². The second-order valence-electron chi connectivity index (χ2n) is 21.2. The molecule has 15 rings (SSSR count). The molecule has 0 fully saturated rings. The van der Waals surface area contributed by atoms with Crippen molar-refractivity contribution in [3.8, 4) is 77.9 Å². The van der Waals surface area contributed by atoms with E-state index in [1.807, 2.05) is 0 Å². The van der Waals surface area contributed by atoms with E-state index < -0.39 is 5.41 Å². The van der Waals surface area contributed by atoms with Gasteiger partial charge in [0.15, 0.2) is 0 Å². The molecule has 0 aliphatic heterocycles. The lowest BCUT2D eigenvalue weighted by Gasteiger charge is -2.33. The predicted molar refractivity (Wildman–Crippen MR) is 339 cm³/mol. The van der Waals surface area contributed by atoms with Crippen molar-refractivity contribution in [2.24, 2.45) is 0 Å². The van der Waals surface area contributed by atoms with Gasteiger partial charge in [-0.15, -0.1) is 0 Å². The molecule has 0 bridgehead atoms. The summed E-state index contributed by atoms with van der Waals surface area (Å²) in [6.45, 7) is 0. The summed E-state index contributed by atoms with van der Waals surface area (Å²) in [7, 11) is 0. The minimum absolute atomic E-state index is 0.553. The molecule has 2 nitrogen and oxygen atoms in total. The van der Waals surface area contributed by atoms with Crippen molar-refractivity contribution in [2.45, 2.75) is 5.41 Å². The van der Waals surface area contributed by atoms with E-state index in [9.17, 15) is 0 Å². The molecule has 0 N–H and O–H groups in total. The average Bonchev–Trinajstić information content (AvgIpc) is 2.38. The predicted octanol–water partition coefficient (Wildman–Crippen LogP) is 21.3. The van der Waals surface area contributed by atoms with Crippen molar-refractivity contribution in [3.63, 3.8) is 0 Å². The number of anilines is 6. The fraction of sp³-hybridized carbons (Fsp3) is 0.0127. The molecule has 0 saturated carbocycles. The SMILES string of the molecule is c1ccc(-c2ccc(N(c3ccc(-c4ccccc4)cc3)c3cccc(-c4ccc5c(c4)-c4cccc6c4C5(c4cccc(N(c5ccc(-c7ccccc7)cc5)c5ccc(-c7ccccc7)cc5)c4)c4ccccc4-6)c3)cc2)cc1. The second kappa shape index (κ2) is 20.0. The van der Waals surface area contributed by atoms with Crippen molar-refractivity contribution < 1.29 is 0 Å². The Hall–Kier alpha value is -10.5. The summed E-state index contributed by atoms with van der Waals surface area (Å²) < 4.78 is 0. The Balaban J connectivity index is 0.850. The molecule has 0 saturated heterocycles. The molecule has 0 aromatic heterocycles. The third kappa shape index (κ3) is 8.27. The Bertz CT molecular complexity index is 4240. The van der Waals surface area contributed by atoms with Crippen LogP contribution in [0.1, 0.15) is 22.3 Å². The summed E-state index contributed by atoms with van der Waals surface area (Å²) in [4.78, 5) is 4.80. The van der Waals surface area contributed by atoms with Crippen molar-refractivity contribution in [1.29, 1.82) is 0 Å². The first-order valence-electron chi connectivity index (χ1n) is 28.0. The molecule has 13 aromatic rings. The maximum absolute atomic E-state index is 2.46. The highest BCUT2D eigenvalue weighted by molar-refractivity contribution is 6.00. The van der Waals surface area contributed by atoms with Crippen LogP contribution in [-0.4, -0.2) is 0 Å². The number of nitrogens with zero attached hydrogens (tertiary/aromatic N) is 2. The van der Waals surface area contributed by atoms with Gasteiger partial charge < -0.3 is 9.80 Å². The molecule has 2 heteroatoms. The maximum atomic E-state index is 2.46. The fourth-order valence-electron chi connectivity index (χ4n) is 12.9. The molecule has 1 unspecified atom stereocenters. The minimum Gasteiger partial charge on any atom is -0.310 e. The van der Waals surface area contributed by atoms with Gasteiger partial charge in [-0.3, -0.25) is 0 Å². The largest absolute Gasteiger partial charge is 0.310 e. The van der Waals surface area contributed by atoms with Gasteiger partial charge in [-0.05, 0) is 179 Å². The average molecular weight is 1030 g/mol. The van der Waals surface area contributed by atoms with Crippen LogP contribution in [0.5, 0.6) is 0 Å². The van der Waals surface area contributed by atoms with Crippen molar-refractivity contribution >= 4 is 34.1 Å². The minimum atomic E-state index is -0.553. The third-order valence-electron chi connectivity index (χ3n) is 16.7. The summed E-state index contributed by atoms with van der Waals surface area (Å²) >= 11 is 0. The van der Waals surface area contributed by atoms with Crippen LogP contribution in [0.3, 0.4) is 0 Å². The maximum Gasteiger partial charge on any atom is 0.0726 e. The van der Waals surface area contributed by atoms with Gasteiger partial charge in [0.1, 0.15) is 0 Å². The molecule has 0 radical (unpaired) electrons. The van der Waals surface area contributed by atoms with E-state index in [1.54, 1.807) is 0 Å². The zero-order chi connectivity index (χ0) is 53.7. The molecule has 2 aliphatic carbocycles. The van der Waals surface area contributed by atoms with E-state index in [2.05, 4.69) is 337 Å². The van der Waals surface area contributed by atoms with Crippen molar-refractivity contribution in [2.75, 3.05) is 9.80 Å². The molecule has 2 aliphatic rings. The van der Waals surface area contributed by atoms with E-state index in [0.29, 0.717) is 0 Å². The molecular weight excluding hydrogens is 977 g/mol. The fourth-order valence-corrected chi connectivity index (χ4v) is 12.9. The van der Waals surface area contributed by atoms with Crippen LogP contribution in [0.4, 0.5) is 34.1 Å². The molecule has 0 amide bonds. The van der Waals surface area contributed by atoms with Crippen LogP contribution in [-0.2, 0) is 5.41 Å². The number of hydrogen-bond acceptors (Lipinski definition) is 2. The van der Waals surface area contributed by atoms with Crippen LogP contribution in [0.25, 0.3) is 77.9 Å². The third-order valence-corrected chi connectivity index (χ3v) is 16.7. The second-order valence-corrected chi connectivity index (χ2v) is 21.2. The lowest BCUT2D eigenvalue weighted by molar-refractivity contribution is 0.792. The smallest absolute Gasteiger partial charge is 0.0726 e. The zero-order valence-electron chi connectivity index (χ0n) is 44.6. The van der Waals surface area contributed by atoms with Crippen LogP contribution in [0.2, 0.25) is 0 Å². The van der Waals surface area contributed by atoms with E-state index in [0.717, 1.165) is 39.7 Å². The van der Waals surface area contributed by atoms with Gasteiger partial charge >= 0.3 is 0 Å². The number of benzene rings is 13. The van der Waals surface area contributed by atoms with Gasteiger partial charge in [-0.2, -0.15) is 0 Å². The van der Waals surface area contributed by atoms with Crippen LogP contribution in [0.15, 0.2) is 328 Å². The van der Waals surface area contributed by atoms with Gasteiger partial charge in [0.05, 0.1) is 5.41 Å². The van der Waals surface area contributed by atoms with E-state index in [1.165, 1.54) is 94.6 Å². The van der Waals surface area contributed by atoms with Crippen LogP contribution in [0, 0.1) is 0 Å². The number of fused-ring (bicyclic) bond motifs is 6. The highest BCUT2D eigenvalue weighted by Crippen LogP contribution is 2.65. The van der Waals surface area contributed by atoms with Crippen molar-refractivity contribution in [1.82, 2.24) is 0 Å². The highest BCUT2D eigenvalue weighted by Gasteiger charge is 2.52. The van der Waals surface area contributed by atoms with E-state index in [-0.39, 0.29) is 0 Å².